The highest BCUT2D eigenvalue weighted by atomic mass is 32.2. The van der Waals surface area contributed by atoms with Crippen molar-refractivity contribution in [3.8, 4) is 22.8 Å². The summed E-state index contributed by atoms with van der Waals surface area (Å²) in [6.45, 7) is 1.30. The van der Waals surface area contributed by atoms with Gasteiger partial charge in [-0.05, 0) is 18.6 Å². The zero-order valence-corrected chi connectivity index (χ0v) is 14.7. The average molecular weight is 386 g/mol. The van der Waals surface area contributed by atoms with Crippen LogP contribution >= 0.6 is 0 Å². The van der Waals surface area contributed by atoms with E-state index in [4.69, 9.17) is 4.52 Å². The molecule has 0 aliphatic heterocycles. The SMILES string of the molecule is Cc1c(-c2cc(-c3ncnn3C)no2)ccc(C(F)(F)F)c1S(C)(=O)=O. The number of hydrogen-bond donors (Lipinski definition) is 0. The number of aromatic nitrogens is 4. The molecule has 0 fully saturated rings. The van der Waals surface area contributed by atoms with Crippen LogP contribution in [0.5, 0.6) is 0 Å². The lowest BCUT2D eigenvalue weighted by molar-refractivity contribution is -0.139. The first-order chi connectivity index (χ1) is 12.0. The molecule has 0 unspecified atom stereocenters. The Hall–Kier alpha value is -2.69. The second kappa shape index (κ2) is 5.94. The van der Waals surface area contributed by atoms with Gasteiger partial charge in [0.2, 0.25) is 0 Å². The molecular weight excluding hydrogens is 373 g/mol. The molecule has 3 rings (SSSR count). The molecule has 0 saturated heterocycles. The van der Waals surface area contributed by atoms with E-state index in [2.05, 4.69) is 15.2 Å². The molecule has 138 valence electrons. The van der Waals surface area contributed by atoms with E-state index in [0.29, 0.717) is 11.5 Å². The van der Waals surface area contributed by atoms with Gasteiger partial charge in [-0.3, -0.25) is 0 Å². The fraction of sp³-hybridized carbons (Fsp3) is 0.267. The summed E-state index contributed by atoms with van der Waals surface area (Å²) >= 11 is 0. The normalized spacial score (nSPS) is 12.5. The third-order valence-electron chi connectivity index (χ3n) is 3.80. The van der Waals surface area contributed by atoms with E-state index in [1.54, 1.807) is 7.05 Å². The highest BCUT2D eigenvalue weighted by molar-refractivity contribution is 7.90. The first kappa shape index (κ1) is 18.1. The number of alkyl halides is 3. The first-order valence-electron chi connectivity index (χ1n) is 7.22. The Bertz CT molecular complexity index is 1080. The average Bonchev–Trinajstić information content (AvgIpc) is 3.13. The van der Waals surface area contributed by atoms with Crippen LogP contribution in [0.25, 0.3) is 22.8 Å². The lowest BCUT2D eigenvalue weighted by Crippen LogP contribution is -2.14. The molecule has 7 nitrogen and oxygen atoms in total. The van der Waals surface area contributed by atoms with Crippen LogP contribution in [0.15, 0.2) is 33.9 Å². The molecule has 0 spiro atoms. The Morgan fingerprint density at radius 2 is 1.92 bits per heavy atom. The molecule has 0 N–H and O–H groups in total. The van der Waals surface area contributed by atoms with Crippen LogP contribution in [0.1, 0.15) is 11.1 Å². The van der Waals surface area contributed by atoms with E-state index in [-0.39, 0.29) is 16.9 Å². The third-order valence-corrected chi connectivity index (χ3v) is 5.07. The van der Waals surface area contributed by atoms with Crippen LogP contribution in [0.4, 0.5) is 13.2 Å². The van der Waals surface area contributed by atoms with Crippen LogP contribution in [0.2, 0.25) is 0 Å². The standard InChI is InChI=1S/C15H13F3N4O3S/c1-8-9(4-5-10(15(16,17)18)13(8)26(3,23)24)12-6-11(21-25-12)14-19-7-20-22(14)2/h4-7H,1-3H3. The zero-order valence-electron chi connectivity index (χ0n) is 13.9. The quantitative estimate of drug-likeness (QED) is 0.687. The second-order valence-electron chi connectivity index (χ2n) is 5.67. The molecule has 1 aromatic carbocycles. The molecule has 2 heterocycles. The highest BCUT2D eigenvalue weighted by Crippen LogP contribution is 2.39. The van der Waals surface area contributed by atoms with E-state index in [9.17, 15) is 21.6 Å². The number of hydrogen-bond acceptors (Lipinski definition) is 6. The van der Waals surface area contributed by atoms with Gasteiger partial charge >= 0.3 is 6.18 Å². The van der Waals surface area contributed by atoms with Crippen LogP contribution in [-0.4, -0.2) is 34.6 Å². The van der Waals surface area contributed by atoms with Crippen molar-refractivity contribution in [2.75, 3.05) is 6.26 Å². The van der Waals surface area contributed by atoms with Crippen molar-refractivity contribution in [2.24, 2.45) is 7.05 Å². The zero-order chi connectivity index (χ0) is 19.3. The Labute approximate surface area is 146 Å². The number of nitrogens with zero attached hydrogens (tertiary/aromatic N) is 4. The van der Waals surface area contributed by atoms with Crippen LogP contribution in [0, 0.1) is 6.92 Å². The smallest absolute Gasteiger partial charge is 0.356 e. The van der Waals surface area contributed by atoms with Gasteiger partial charge in [0, 0.05) is 24.9 Å². The Balaban J connectivity index is 2.19. The lowest BCUT2D eigenvalue weighted by Gasteiger charge is -2.15. The molecule has 0 radical (unpaired) electrons. The third kappa shape index (κ3) is 3.09. The predicted octanol–water partition coefficient (Wildman–Crippen LogP) is 2.87. The van der Waals surface area contributed by atoms with Crippen molar-refractivity contribution in [1.82, 2.24) is 19.9 Å². The van der Waals surface area contributed by atoms with Gasteiger partial charge in [0.05, 0.1) is 10.5 Å². The van der Waals surface area contributed by atoms with Crippen molar-refractivity contribution in [2.45, 2.75) is 18.0 Å². The number of rotatable bonds is 3. The van der Waals surface area contributed by atoms with Crippen LogP contribution in [-0.2, 0) is 23.1 Å². The van der Waals surface area contributed by atoms with E-state index in [1.165, 1.54) is 24.0 Å². The Morgan fingerprint density at radius 1 is 1.23 bits per heavy atom. The molecular formula is C15H13F3N4O3S. The summed E-state index contributed by atoms with van der Waals surface area (Å²) in [4.78, 5) is 3.22. The predicted molar refractivity (Wildman–Crippen MR) is 84.8 cm³/mol. The minimum Gasteiger partial charge on any atom is -0.356 e. The Morgan fingerprint density at radius 3 is 2.46 bits per heavy atom. The molecule has 0 aliphatic carbocycles. The summed E-state index contributed by atoms with van der Waals surface area (Å²) in [5, 5.41) is 7.73. The molecule has 2 aromatic heterocycles. The minimum atomic E-state index is -4.80. The van der Waals surface area contributed by atoms with Gasteiger partial charge in [0.1, 0.15) is 6.33 Å². The number of benzene rings is 1. The van der Waals surface area contributed by atoms with E-state index in [0.717, 1.165) is 18.4 Å². The summed E-state index contributed by atoms with van der Waals surface area (Å²) in [6, 6.07) is 3.35. The van der Waals surface area contributed by atoms with Gasteiger partial charge in [-0.25, -0.2) is 18.1 Å². The summed E-state index contributed by atoms with van der Waals surface area (Å²) < 4.78 is 70.2. The summed E-state index contributed by atoms with van der Waals surface area (Å²) in [5.41, 5.74) is -0.767. The van der Waals surface area contributed by atoms with Gasteiger partial charge in [0.25, 0.3) is 0 Å². The van der Waals surface area contributed by atoms with Gasteiger partial charge in [0.15, 0.2) is 27.1 Å². The van der Waals surface area contributed by atoms with Crippen LogP contribution < -0.4 is 0 Å². The molecule has 0 bridgehead atoms. The van der Waals surface area contributed by atoms with Crippen molar-refractivity contribution >= 4 is 9.84 Å². The fourth-order valence-corrected chi connectivity index (χ4v) is 3.94. The molecule has 0 amide bonds. The molecule has 0 aliphatic rings. The maximum atomic E-state index is 13.2. The van der Waals surface area contributed by atoms with Crippen molar-refractivity contribution in [3.63, 3.8) is 0 Å². The van der Waals surface area contributed by atoms with Crippen molar-refractivity contribution < 1.29 is 26.1 Å². The maximum Gasteiger partial charge on any atom is 0.417 e. The summed E-state index contributed by atoms with van der Waals surface area (Å²) in [5.74, 6) is 0.520. The number of halogens is 3. The second-order valence-corrected chi connectivity index (χ2v) is 7.62. The molecule has 0 saturated carbocycles. The monoisotopic (exact) mass is 386 g/mol. The highest BCUT2D eigenvalue weighted by Gasteiger charge is 2.38. The van der Waals surface area contributed by atoms with Gasteiger partial charge in [-0.1, -0.05) is 11.2 Å². The minimum absolute atomic E-state index is 0.0667. The van der Waals surface area contributed by atoms with Crippen LogP contribution in [0.3, 0.4) is 0 Å². The first-order valence-corrected chi connectivity index (χ1v) is 9.11. The molecule has 26 heavy (non-hydrogen) atoms. The largest absolute Gasteiger partial charge is 0.417 e. The lowest BCUT2D eigenvalue weighted by atomic mass is 10.0. The molecule has 3 aromatic rings. The van der Waals surface area contributed by atoms with E-state index >= 15 is 0 Å². The van der Waals surface area contributed by atoms with Gasteiger partial charge in [-0.2, -0.15) is 18.3 Å². The number of sulfone groups is 1. The topological polar surface area (TPSA) is 90.9 Å². The fourth-order valence-electron chi connectivity index (χ4n) is 2.70. The van der Waals surface area contributed by atoms with Gasteiger partial charge in [-0.15, -0.1) is 0 Å². The summed E-state index contributed by atoms with van der Waals surface area (Å²) in [6.07, 6.45) is -2.75. The molecule has 11 heteroatoms. The van der Waals surface area contributed by atoms with E-state index in [1.807, 2.05) is 0 Å². The maximum absolute atomic E-state index is 13.2. The van der Waals surface area contributed by atoms with E-state index < -0.39 is 26.5 Å². The van der Waals surface area contributed by atoms with Crippen molar-refractivity contribution in [3.05, 3.63) is 35.7 Å². The number of aryl methyl sites for hydroxylation is 1. The Kier molecular flexibility index (Phi) is 4.14. The van der Waals surface area contributed by atoms with Crippen molar-refractivity contribution in [1.29, 1.82) is 0 Å². The summed E-state index contributed by atoms with van der Waals surface area (Å²) in [7, 11) is -2.49. The van der Waals surface area contributed by atoms with Gasteiger partial charge < -0.3 is 4.52 Å². The molecule has 0 atom stereocenters.